The minimum Gasteiger partial charge on any atom is -0.385 e. The molecule has 0 bridgehead atoms. The molecule has 2 aliphatic rings. The number of rotatable bonds is 8. The molecule has 170 valence electrons. The predicted molar refractivity (Wildman–Crippen MR) is 132 cm³/mol. The van der Waals surface area contributed by atoms with Gasteiger partial charge in [0.15, 0.2) is 0 Å². The third kappa shape index (κ3) is 4.08. The molecule has 0 spiro atoms. The lowest BCUT2D eigenvalue weighted by atomic mass is 9.82. The molecule has 2 aliphatic carbocycles. The van der Waals surface area contributed by atoms with Gasteiger partial charge >= 0.3 is 0 Å². The first-order valence-electron chi connectivity index (χ1n) is 11.2. The molecule has 2 aromatic rings. The molecule has 32 heavy (non-hydrogen) atoms. The van der Waals surface area contributed by atoms with Gasteiger partial charge in [-0.15, -0.1) is 11.7 Å². The molecule has 0 saturated carbocycles. The zero-order valence-corrected chi connectivity index (χ0v) is 20.9. The fourth-order valence-electron chi connectivity index (χ4n) is 5.15. The van der Waals surface area contributed by atoms with E-state index in [0.717, 1.165) is 39.4 Å². The molecule has 2 aromatic heterocycles. The summed E-state index contributed by atoms with van der Waals surface area (Å²) in [6.45, 7) is 9.15. The van der Waals surface area contributed by atoms with E-state index in [1.807, 2.05) is 25.0 Å². The molecule has 6 nitrogen and oxygen atoms in total. The van der Waals surface area contributed by atoms with Gasteiger partial charge in [-0.1, -0.05) is 58.4 Å². The van der Waals surface area contributed by atoms with Crippen LogP contribution in [0.25, 0.3) is 10.6 Å². The van der Waals surface area contributed by atoms with Gasteiger partial charge in [0.1, 0.15) is 0 Å². The number of halogens is 1. The van der Waals surface area contributed by atoms with Crippen LogP contribution < -0.4 is 10.7 Å². The number of hydrogen-bond donors (Lipinski definition) is 0. The second-order valence-corrected chi connectivity index (χ2v) is 9.64. The van der Waals surface area contributed by atoms with E-state index < -0.39 is 0 Å². The van der Waals surface area contributed by atoms with E-state index in [1.54, 1.807) is 7.11 Å². The van der Waals surface area contributed by atoms with E-state index in [-0.39, 0.29) is 23.8 Å². The topological polar surface area (TPSA) is 57.8 Å². The lowest BCUT2D eigenvalue weighted by molar-refractivity contribution is 0.164. The van der Waals surface area contributed by atoms with Crippen LogP contribution >= 0.6 is 15.9 Å². The second kappa shape index (κ2) is 9.71. The van der Waals surface area contributed by atoms with Gasteiger partial charge in [-0.2, -0.15) is 0 Å². The first-order chi connectivity index (χ1) is 15.5. The molecule has 0 amide bonds. The maximum Gasteiger partial charge on any atom is 0.0985 e. The largest absolute Gasteiger partial charge is 0.385 e. The van der Waals surface area contributed by atoms with Crippen LogP contribution in [0, 0.1) is 24.7 Å². The zero-order chi connectivity index (χ0) is 22.8. The maximum atomic E-state index is 5.42. The van der Waals surface area contributed by atoms with Gasteiger partial charge in [0.2, 0.25) is 0 Å². The van der Waals surface area contributed by atoms with Gasteiger partial charge in [-0.3, -0.25) is 4.68 Å². The van der Waals surface area contributed by atoms with E-state index in [2.05, 4.69) is 80.8 Å². The maximum absolute atomic E-state index is 5.42. The van der Waals surface area contributed by atoms with Crippen molar-refractivity contribution in [2.45, 2.75) is 38.6 Å². The standard InChI is InChI=1S/C25H32BrN5O/c1-6-18(12-13-32-5)25(19-10-8-7-9-11-19)31-15-27-23-21(31)14-20(16(2)22(23)26)24-17(3)28-29-30(24)4/h6-10,14-16,18-20,25H,1,11-13H2,2-5H3. The number of nitrogens with zero attached hydrogens (tertiary/aromatic N) is 5. The lowest BCUT2D eigenvalue weighted by Gasteiger charge is -2.33. The Bertz CT molecular complexity index is 1140. The molecule has 0 N–H and O–H groups in total. The van der Waals surface area contributed by atoms with Crippen LogP contribution in [0.5, 0.6) is 0 Å². The molecule has 0 aliphatic heterocycles. The number of aryl methyl sites for hydroxylation is 2. The van der Waals surface area contributed by atoms with Crippen LogP contribution in [-0.2, 0) is 11.8 Å². The van der Waals surface area contributed by atoms with Crippen molar-refractivity contribution in [1.29, 1.82) is 0 Å². The normalized spacial score (nSPS) is 24.2. The van der Waals surface area contributed by atoms with Gasteiger partial charge in [-0.05, 0) is 25.8 Å². The molecule has 7 heteroatoms. The Hall–Kier alpha value is -2.25. The number of hydrogen-bond acceptors (Lipinski definition) is 4. The fourth-order valence-corrected chi connectivity index (χ4v) is 5.74. The molecule has 0 fully saturated rings. The SMILES string of the molecule is C=CC(CCOC)C(C1C=CC=CC1)n1cnc2c1=CC(c1c(C)nnn1C)C(C)C=2Br. The van der Waals surface area contributed by atoms with Crippen molar-refractivity contribution in [3.63, 3.8) is 0 Å². The molecule has 0 radical (unpaired) electrons. The number of ether oxygens (including phenoxy) is 1. The number of allylic oxidation sites excluding steroid dienone is 5. The molecule has 4 rings (SSSR count). The quantitative estimate of drug-likeness (QED) is 0.523. The Balaban J connectivity index is 1.88. The Morgan fingerprint density at radius 1 is 1.38 bits per heavy atom. The summed E-state index contributed by atoms with van der Waals surface area (Å²) in [7, 11) is 3.73. The molecule has 0 aromatic carbocycles. The fraction of sp³-hybridized carbons (Fsp3) is 0.480. The van der Waals surface area contributed by atoms with Crippen molar-refractivity contribution in [3.8, 4) is 0 Å². The van der Waals surface area contributed by atoms with E-state index in [9.17, 15) is 0 Å². The average Bonchev–Trinajstić information content (AvgIpc) is 3.37. The molecular weight excluding hydrogens is 466 g/mol. The Labute approximate surface area is 198 Å². The summed E-state index contributed by atoms with van der Waals surface area (Å²) in [5.74, 6) is 1.04. The summed E-state index contributed by atoms with van der Waals surface area (Å²) in [6.07, 6.45) is 17.2. The van der Waals surface area contributed by atoms with E-state index in [4.69, 9.17) is 9.72 Å². The average molecular weight is 498 g/mol. The van der Waals surface area contributed by atoms with Crippen molar-refractivity contribution >= 4 is 26.5 Å². The van der Waals surface area contributed by atoms with Crippen LogP contribution in [0.3, 0.4) is 0 Å². The first kappa shape index (κ1) is 22.9. The summed E-state index contributed by atoms with van der Waals surface area (Å²) in [4.78, 5) is 4.86. The van der Waals surface area contributed by atoms with Crippen LogP contribution in [0.2, 0.25) is 0 Å². The van der Waals surface area contributed by atoms with Gasteiger partial charge in [0.25, 0.3) is 0 Å². The van der Waals surface area contributed by atoms with Gasteiger partial charge < -0.3 is 9.30 Å². The van der Waals surface area contributed by atoms with Crippen molar-refractivity contribution in [2.24, 2.45) is 24.8 Å². The Morgan fingerprint density at radius 3 is 2.81 bits per heavy atom. The van der Waals surface area contributed by atoms with Crippen LogP contribution in [0.4, 0.5) is 0 Å². The van der Waals surface area contributed by atoms with E-state index in [0.29, 0.717) is 12.5 Å². The first-order valence-corrected chi connectivity index (χ1v) is 12.0. The Kier molecular flexibility index (Phi) is 6.96. The van der Waals surface area contributed by atoms with Gasteiger partial charge in [0.05, 0.1) is 28.4 Å². The smallest absolute Gasteiger partial charge is 0.0985 e. The van der Waals surface area contributed by atoms with Crippen LogP contribution in [0.1, 0.15) is 43.1 Å². The number of aromatic nitrogens is 5. The number of imidazole rings is 1. The molecule has 0 saturated heterocycles. The number of fused-ring (bicyclic) bond motifs is 1. The Morgan fingerprint density at radius 2 is 2.19 bits per heavy atom. The summed E-state index contributed by atoms with van der Waals surface area (Å²) in [5, 5.41) is 10.7. The third-order valence-electron chi connectivity index (χ3n) is 6.87. The highest BCUT2D eigenvalue weighted by atomic mass is 79.9. The lowest BCUT2D eigenvalue weighted by Crippen LogP contribution is -2.41. The minimum atomic E-state index is 0.163. The van der Waals surface area contributed by atoms with Gasteiger partial charge in [-0.25, -0.2) is 4.98 Å². The van der Waals surface area contributed by atoms with Crippen LogP contribution in [0.15, 0.2) is 43.3 Å². The highest BCUT2D eigenvalue weighted by Crippen LogP contribution is 2.38. The summed E-state index contributed by atoms with van der Waals surface area (Å²) in [6, 6.07) is 0.205. The molecular formula is C25H32BrN5O. The third-order valence-corrected chi connectivity index (χ3v) is 7.97. The summed E-state index contributed by atoms with van der Waals surface area (Å²) < 4.78 is 10.8. The molecule has 2 heterocycles. The van der Waals surface area contributed by atoms with E-state index in [1.165, 1.54) is 0 Å². The van der Waals surface area contributed by atoms with Crippen molar-refractivity contribution in [2.75, 3.05) is 13.7 Å². The van der Waals surface area contributed by atoms with Crippen molar-refractivity contribution in [3.05, 3.63) is 65.4 Å². The molecule has 5 atom stereocenters. The summed E-state index contributed by atoms with van der Waals surface area (Å²) in [5.41, 5.74) is 2.11. The second-order valence-electron chi connectivity index (χ2n) is 8.78. The predicted octanol–water partition coefficient (Wildman–Crippen LogP) is 3.55. The monoisotopic (exact) mass is 497 g/mol. The highest BCUT2D eigenvalue weighted by molar-refractivity contribution is 9.14. The van der Waals surface area contributed by atoms with Crippen molar-refractivity contribution in [1.82, 2.24) is 24.5 Å². The number of methoxy groups -OCH3 is 1. The highest BCUT2D eigenvalue weighted by Gasteiger charge is 2.33. The zero-order valence-electron chi connectivity index (χ0n) is 19.3. The molecule has 5 unspecified atom stereocenters. The van der Waals surface area contributed by atoms with Gasteiger partial charge in [0, 0.05) is 55.0 Å². The van der Waals surface area contributed by atoms with E-state index >= 15 is 0 Å². The minimum absolute atomic E-state index is 0.163. The van der Waals surface area contributed by atoms with Crippen LogP contribution in [-0.4, -0.2) is 38.3 Å². The van der Waals surface area contributed by atoms with Crippen molar-refractivity contribution < 1.29 is 4.74 Å². The summed E-state index contributed by atoms with van der Waals surface area (Å²) >= 11 is 3.89.